The molecule has 8 nitrogen and oxygen atoms in total. The van der Waals surface area contributed by atoms with Crippen molar-refractivity contribution in [2.24, 2.45) is 0 Å². The minimum atomic E-state index is -0.443. The van der Waals surface area contributed by atoms with Gasteiger partial charge in [0.05, 0.1) is 25.5 Å². The van der Waals surface area contributed by atoms with Crippen LogP contribution in [0.25, 0.3) is 28.3 Å². The number of ketones is 1. The number of nitrogen functional groups attached to an aromatic ring is 1. The first-order chi connectivity index (χ1) is 16.5. The lowest BCUT2D eigenvalue weighted by Gasteiger charge is -2.06. The van der Waals surface area contributed by atoms with E-state index in [0.717, 1.165) is 16.5 Å². The molecule has 0 atom stereocenters. The van der Waals surface area contributed by atoms with Gasteiger partial charge in [-0.15, -0.1) is 0 Å². The number of nitrogens with two attached hydrogens (primary N) is 1. The molecule has 0 aliphatic heterocycles. The van der Waals surface area contributed by atoms with Crippen LogP contribution >= 0.6 is 0 Å². The van der Waals surface area contributed by atoms with Crippen LogP contribution in [-0.2, 0) is 16.0 Å². The molecule has 0 saturated carbocycles. The third-order valence-corrected chi connectivity index (χ3v) is 5.22. The fourth-order valence-corrected chi connectivity index (χ4v) is 3.43. The lowest BCUT2D eigenvalue weighted by atomic mass is 10.1. The highest BCUT2D eigenvalue weighted by molar-refractivity contribution is 5.94. The lowest BCUT2D eigenvalue weighted by Crippen LogP contribution is -2.01. The summed E-state index contributed by atoms with van der Waals surface area (Å²) in [6.07, 6.45) is 7.06. The molecular weight excluding hydrogens is 434 g/mol. The van der Waals surface area contributed by atoms with Crippen molar-refractivity contribution >= 4 is 34.6 Å². The average Bonchev–Trinajstić information content (AvgIpc) is 3.29. The molecule has 3 heterocycles. The van der Waals surface area contributed by atoms with E-state index in [1.807, 2.05) is 18.2 Å². The summed E-state index contributed by atoms with van der Waals surface area (Å²) in [6, 6.07) is 12.5. The molecule has 0 aliphatic rings. The number of allylic oxidation sites excluding steroid dienone is 1. The summed E-state index contributed by atoms with van der Waals surface area (Å²) in [5.74, 6) is 1.19. The van der Waals surface area contributed by atoms with Gasteiger partial charge in [-0.05, 0) is 60.2 Å². The zero-order chi connectivity index (χ0) is 24.1. The van der Waals surface area contributed by atoms with Crippen LogP contribution in [0.15, 0.2) is 65.4 Å². The first-order valence-corrected chi connectivity index (χ1v) is 10.5. The van der Waals surface area contributed by atoms with Gasteiger partial charge in [-0.1, -0.05) is 0 Å². The van der Waals surface area contributed by atoms with Crippen molar-refractivity contribution < 1.29 is 23.5 Å². The van der Waals surface area contributed by atoms with E-state index in [1.165, 1.54) is 19.4 Å². The Morgan fingerprint density at radius 1 is 1.06 bits per heavy atom. The molecule has 4 rings (SSSR count). The van der Waals surface area contributed by atoms with E-state index in [-0.39, 0.29) is 5.78 Å². The average molecular weight is 457 g/mol. The molecule has 0 amide bonds. The number of nitrogens with zero attached hydrogens (tertiary/aromatic N) is 2. The number of rotatable bonds is 8. The standard InChI is InChI=1S/C26H23N3O5/c1-32-23-13-18(22-9-5-17(15-28-22)26(31)33-2)11-19-12-21(34-25(19)23)8-7-20(30)6-3-16-4-10-24(27)29-14-16/h3-6,9-15H,7-8H2,1-2H3,(H2,27,29)/b6-3+. The summed E-state index contributed by atoms with van der Waals surface area (Å²) < 4.78 is 16.2. The first kappa shape index (κ1) is 22.7. The maximum absolute atomic E-state index is 12.3. The Hall–Kier alpha value is -4.46. The topological polar surface area (TPSA) is 118 Å². The first-order valence-electron chi connectivity index (χ1n) is 10.5. The Morgan fingerprint density at radius 3 is 2.59 bits per heavy atom. The fraction of sp³-hybridized carbons (Fsp3) is 0.154. The normalized spacial score (nSPS) is 11.1. The number of ether oxygens (including phenoxy) is 2. The van der Waals surface area contributed by atoms with Gasteiger partial charge < -0.3 is 19.6 Å². The van der Waals surface area contributed by atoms with Gasteiger partial charge in [-0.3, -0.25) is 9.78 Å². The van der Waals surface area contributed by atoms with E-state index in [4.69, 9.17) is 19.6 Å². The van der Waals surface area contributed by atoms with Gasteiger partial charge in [0.1, 0.15) is 11.6 Å². The number of carbonyl (C=O) groups excluding carboxylic acids is 2. The van der Waals surface area contributed by atoms with E-state index in [0.29, 0.717) is 47.0 Å². The molecule has 3 aromatic heterocycles. The number of methoxy groups -OCH3 is 2. The van der Waals surface area contributed by atoms with Crippen molar-refractivity contribution in [3.8, 4) is 17.0 Å². The van der Waals surface area contributed by atoms with E-state index >= 15 is 0 Å². The minimum Gasteiger partial charge on any atom is -0.493 e. The molecule has 0 spiro atoms. The second-order valence-electron chi connectivity index (χ2n) is 7.55. The number of hydrogen-bond acceptors (Lipinski definition) is 8. The Kier molecular flexibility index (Phi) is 6.68. The van der Waals surface area contributed by atoms with Gasteiger partial charge in [0.25, 0.3) is 0 Å². The molecule has 0 aliphatic carbocycles. The van der Waals surface area contributed by atoms with Crippen molar-refractivity contribution in [2.75, 3.05) is 20.0 Å². The Balaban J connectivity index is 1.50. The molecule has 0 fully saturated rings. The molecule has 0 saturated heterocycles. The number of aromatic nitrogens is 2. The Morgan fingerprint density at radius 2 is 1.91 bits per heavy atom. The molecule has 34 heavy (non-hydrogen) atoms. The van der Waals surface area contributed by atoms with E-state index in [1.54, 1.807) is 43.6 Å². The van der Waals surface area contributed by atoms with E-state index in [2.05, 4.69) is 9.97 Å². The number of furan rings is 1. The van der Waals surface area contributed by atoms with Crippen molar-refractivity contribution in [3.05, 3.63) is 77.8 Å². The van der Waals surface area contributed by atoms with Crippen LogP contribution < -0.4 is 10.5 Å². The summed E-state index contributed by atoms with van der Waals surface area (Å²) in [7, 11) is 2.89. The number of fused-ring (bicyclic) bond motifs is 1. The predicted octanol–water partition coefficient (Wildman–Crippen LogP) is 4.48. The number of esters is 1. The highest BCUT2D eigenvalue weighted by Crippen LogP contribution is 2.34. The van der Waals surface area contributed by atoms with Crippen LogP contribution in [0.5, 0.6) is 5.75 Å². The van der Waals surface area contributed by atoms with Crippen molar-refractivity contribution in [3.63, 3.8) is 0 Å². The quantitative estimate of drug-likeness (QED) is 0.304. The molecule has 1 aromatic carbocycles. The zero-order valence-corrected chi connectivity index (χ0v) is 18.8. The lowest BCUT2D eigenvalue weighted by molar-refractivity contribution is -0.114. The zero-order valence-electron chi connectivity index (χ0n) is 18.8. The number of anilines is 1. The number of carbonyl (C=O) groups is 2. The molecule has 0 radical (unpaired) electrons. The van der Waals surface area contributed by atoms with Crippen LogP contribution in [0.1, 0.15) is 28.1 Å². The van der Waals surface area contributed by atoms with Crippen LogP contribution in [0.3, 0.4) is 0 Å². The van der Waals surface area contributed by atoms with E-state index in [9.17, 15) is 9.59 Å². The molecule has 172 valence electrons. The highest BCUT2D eigenvalue weighted by atomic mass is 16.5. The Labute approximate surface area is 196 Å². The highest BCUT2D eigenvalue weighted by Gasteiger charge is 2.14. The second kappa shape index (κ2) is 9.99. The molecule has 2 N–H and O–H groups in total. The van der Waals surface area contributed by atoms with Gasteiger partial charge in [-0.2, -0.15) is 0 Å². The summed E-state index contributed by atoms with van der Waals surface area (Å²) in [4.78, 5) is 32.3. The monoisotopic (exact) mass is 457 g/mol. The van der Waals surface area contributed by atoms with Crippen LogP contribution in [0, 0.1) is 0 Å². The molecular formula is C26H23N3O5. The van der Waals surface area contributed by atoms with Gasteiger partial charge in [0.2, 0.25) is 0 Å². The molecule has 4 aromatic rings. The van der Waals surface area contributed by atoms with Crippen LogP contribution in [0.2, 0.25) is 0 Å². The molecule has 0 bridgehead atoms. The van der Waals surface area contributed by atoms with Crippen molar-refractivity contribution in [1.29, 1.82) is 0 Å². The van der Waals surface area contributed by atoms with Crippen LogP contribution in [-0.4, -0.2) is 35.9 Å². The number of benzene rings is 1. The van der Waals surface area contributed by atoms with E-state index < -0.39 is 5.97 Å². The minimum absolute atomic E-state index is 0.0279. The van der Waals surface area contributed by atoms with Crippen LogP contribution in [0.4, 0.5) is 5.82 Å². The van der Waals surface area contributed by atoms with Gasteiger partial charge >= 0.3 is 5.97 Å². The largest absolute Gasteiger partial charge is 0.493 e. The number of hydrogen-bond donors (Lipinski definition) is 1. The maximum Gasteiger partial charge on any atom is 0.339 e. The summed E-state index contributed by atoms with van der Waals surface area (Å²) in [5.41, 5.74) is 8.83. The SMILES string of the molecule is COC(=O)c1ccc(-c2cc(OC)c3oc(CCC(=O)/C=C/c4ccc(N)nc4)cc3c2)nc1. The van der Waals surface area contributed by atoms with Gasteiger partial charge in [-0.25, -0.2) is 9.78 Å². The smallest absolute Gasteiger partial charge is 0.339 e. The molecule has 8 heteroatoms. The van der Waals surface area contributed by atoms with Gasteiger partial charge in [0, 0.05) is 36.2 Å². The van der Waals surface area contributed by atoms with Crippen molar-refractivity contribution in [1.82, 2.24) is 9.97 Å². The fourth-order valence-electron chi connectivity index (χ4n) is 3.43. The number of aryl methyl sites for hydroxylation is 1. The van der Waals surface area contributed by atoms with Gasteiger partial charge in [0.15, 0.2) is 17.1 Å². The third kappa shape index (κ3) is 5.12. The molecule has 0 unspecified atom stereocenters. The second-order valence-corrected chi connectivity index (χ2v) is 7.55. The Bertz CT molecular complexity index is 1360. The maximum atomic E-state index is 12.3. The third-order valence-electron chi connectivity index (χ3n) is 5.22. The summed E-state index contributed by atoms with van der Waals surface area (Å²) in [5, 5.41) is 0.833. The summed E-state index contributed by atoms with van der Waals surface area (Å²) >= 11 is 0. The summed E-state index contributed by atoms with van der Waals surface area (Å²) in [6.45, 7) is 0. The predicted molar refractivity (Wildman–Crippen MR) is 128 cm³/mol. The number of pyridine rings is 2. The van der Waals surface area contributed by atoms with Crippen molar-refractivity contribution in [2.45, 2.75) is 12.8 Å².